The van der Waals surface area contributed by atoms with Gasteiger partial charge in [0.15, 0.2) is 5.82 Å². The molecule has 3 heteroatoms. The van der Waals surface area contributed by atoms with Crippen LogP contribution in [0, 0.1) is 12.7 Å². The topological polar surface area (TPSA) is 24.9 Å². The fraction of sp³-hybridized carbons (Fsp3) is 0.182. The van der Waals surface area contributed by atoms with E-state index in [1.807, 2.05) is 19.2 Å². The first-order valence-corrected chi connectivity index (χ1v) is 4.45. The Balaban J connectivity index is 2.74. The molecule has 0 aliphatic heterocycles. The number of pyridine rings is 1. The number of halogens is 1. The van der Waals surface area contributed by atoms with Gasteiger partial charge in [-0.1, -0.05) is 12.1 Å². The number of nitrogens with zero attached hydrogens (tertiary/aromatic N) is 1. The lowest BCUT2D eigenvalue weighted by molar-refractivity contribution is 0.628. The van der Waals surface area contributed by atoms with E-state index in [0.717, 1.165) is 11.1 Å². The third-order valence-electron chi connectivity index (χ3n) is 2.27. The van der Waals surface area contributed by atoms with Gasteiger partial charge in [-0.25, -0.2) is 4.39 Å². The van der Waals surface area contributed by atoms with Crippen LogP contribution < -0.4 is 5.32 Å². The summed E-state index contributed by atoms with van der Waals surface area (Å²) in [6, 6.07) is 5.52. The average Bonchev–Trinajstić information content (AvgIpc) is 2.23. The Labute approximate surface area is 81.8 Å². The molecule has 0 atom stereocenters. The molecule has 72 valence electrons. The van der Waals surface area contributed by atoms with E-state index in [9.17, 15) is 4.39 Å². The first-order valence-electron chi connectivity index (χ1n) is 4.45. The number of hydrogen-bond acceptors (Lipinski definition) is 2. The molecule has 0 aliphatic rings. The minimum Gasteiger partial charge on any atom is -0.387 e. The summed E-state index contributed by atoms with van der Waals surface area (Å²) in [4.78, 5) is 4.07. The third kappa shape index (κ3) is 1.31. The maximum atomic E-state index is 13.6. The summed E-state index contributed by atoms with van der Waals surface area (Å²) >= 11 is 0. The van der Waals surface area contributed by atoms with E-state index in [-0.39, 0.29) is 5.82 Å². The number of nitrogens with one attached hydrogen (secondary N) is 1. The molecule has 0 aliphatic carbocycles. The number of anilines is 1. The van der Waals surface area contributed by atoms with E-state index in [4.69, 9.17) is 0 Å². The summed E-state index contributed by atoms with van der Waals surface area (Å²) in [5.41, 5.74) is 1.95. The first kappa shape index (κ1) is 8.94. The number of aromatic nitrogens is 1. The van der Waals surface area contributed by atoms with Crippen molar-refractivity contribution in [1.82, 2.24) is 4.98 Å². The Morgan fingerprint density at radius 3 is 2.86 bits per heavy atom. The Kier molecular flexibility index (Phi) is 2.08. The van der Waals surface area contributed by atoms with Crippen molar-refractivity contribution in [2.24, 2.45) is 0 Å². The van der Waals surface area contributed by atoms with Crippen molar-refractivity contribution in [3.05, 3.63) is 35.8 Å². The van der Waals surface area contributed by atoms with E-state index in [2.05, 4.69) is 10.3 Å². The molecule has 1 heterocycles. The zero-order valence-corrected chi connectivity index (χ0v) is 8.13. The number of benzene rings is 1. The van der Waals surface area contributed by atoms with Crippen molar-refractivity contribution in [2.75, 3.05) is 12.4 Å². The van der Waals surface area contributed by atoms with Gasteiger partial charge in [-0.2, -0.15) is 0 Å². The van der Waals surface area contributed by atoms with Gasteiger partial charge in [-0.3, -0.25) is 4.98 Å². The average molecular weight is 190 g/mol. The van der Waals surface area contributed by atoms with Gasteiger partial charge in [-0.05, 0) is 18.6 Å². The van der Waals surface area contributed by atoms with Crippen molar-refractivity contribution in [1.29, 1.82) is 0 Å². The molecule has 1 N–H and O–H groups in total. The molecule has 0 fully saturated rings. The summed E-state index contributed by atoms with van der Waals surface area (Å²) in [5.74, 6) is -0.231. The van der Waals surface area contributed by atoms with Crippen LogP contribution in [0.25, 0.3) is 10.9 Å². The number of aryl methyl sites for hydroxylation is 1. The van der Waals surface area contributed by atoms with E-state index in [0.29, 0.717) is 11.1 Å². The summed E-state index contributed by atoms with van der Waals surface area (Å²) in [6.07, 6.45) is 1.63. The van der Waals surface area contributed by atoms with Crippen molar-refractivity contribution >= 4 is 16.6 Å². The van der Waals surface area contributed by atoms with E-state index in [1.165, 1.54) is 0 Å². The lowest BCUT2D eigenvalue weighted by Crippen LogP contribution is -1.92. The Morgan fingerprint density at radius 1 is 1.36 bits per heavy atom. The summed E-state index contributed by atoms with van der Waals surface area (Å²) < 4.78 is 13.6. The molecule has 2 rings (SSSR count). The van der Waals surface area contributed by atoms with Crippen LogP contribution in [0.2, 0.25) is 0 Å². The molecule has 0 saturated heterocycles. The van der Waals surface area contributed by atoms with Crippen molar-refractivity contribution in [3.8, 4) is 0 Å². The van der Waals surface area contributed by atoms with Gasteiger partial charge in [0.25, 0.3) is 0 Å². The van der Waals surface area contributed by atoms with Crippen LogP contribution in [0.4, 0.5) is 10.1 Å². The summed E-state index contributed by atoms with van der Waals surface area (Å²) in [6.45, 7) is 1.74. The number of hydrogen-bond donors (Lipinski definition) is 1. The van der Waals surface area contributed by atoms with Crippen LogP contribution in [-0.4, -0.2) is 12.0 Å². The molecule has 1 aromatic carbocycles. The van der Waals surface area contributed by atoms with Gasteiger partial charge in [-0.15, -0.1) is 0 Å². The molecule has 2 nitrogen and oxygen atoms in total. The Hall–Kier alpha value is -1.64. The smallest absolute Gasteiger partial charge is 0.152 e. The normalized spacial score (nSPS) is 10.5. The predicted octanol–water partition coefficient (Wildman–Crippen LogP) is 2.72. The molecule has 2 aromatic rings. The Morgan fingerprint density at radius 2 is 2.14 bits per heavy atom. The number of rotatable bonds is 1. The highest BCUT2D eigenvalue weighted by Crippen LogP contribution is 2.21. The highest BCUT2D eigenvalue weighted by atomic mass is 19.1. The molecule has 1 aromatic heterocycles. The quantitative estimate of drug-likeness (QED) is 0.747. The molecule has 0 saturated carbocycles. The predicted molar refractivity (Wildman–Crippen MR) is 56.0 cm³/mol. The van der Waals surface area contributed by atoms with E-state index >= 15 is 0 Å². The lowest BCUT2D eigenvalue weighted by atomic mass is 10.1. The first-order chi connectivity index (χ1) is 6.72. The van der Waals surface area contributed by atoms with Gasteiger partial charge < -0.3 is 5.32 Å². The molecule has 0 spiro atoms. The van der Waals surface area contributed by atoms with Crippen LogP contribution in [0.3, 0.4) is 0 Å². The molecular weight excluding hydrogens is 179 g/mol. The van der Waals surface area contributed by atoms with Crippen LogP contribution in [0.1, 0.15) is 5.56 Å². The van der Waals surface area contributed by atoms with Crippen LogP contribution in [0.15, 0.2) is 24.4 Å². The SMILES string of the molecule is CNc1cnc2c(F)c(C)ccc2c1. The fourth-order valence-corrected chi connectivity index (χ4v) is 1.40. The third-order valence-corrected chi connectivity index (χ3v) is 2.27. The minimum atomic E-state index is -0.231. The summed E-state index contributed by atoms with van der Waals surface area (Å²) in [7, 11) is 1.81. The monoisotopic (exact) mass is 190 g/mol. The zero-order valence-electron chi connectivity index (χ0n) is 8.13. The van der Waals surface area contributed by atoms with Crippen LogP contribution in [-0.2, 0) is 0 Å². The highest BCUT2D eigenvalue weighted by Gasteiger charge is 2.05. The highest BCUT2D eigenvalue weighted by molar-refractivity contribution is 5.82. The maximum Gasteiger partial charge on any atom is 0.152 e. The minimum absolute atomic E-state index is 0.231. The molecule has 0 radical (unpaired) electrons. The van der Waals surface area contributed by atoms with E-state index < -0.39 is 0 Å². The molecule has 0 bridgehead atoms. The second kappa shape index (κ2) is 3.25. The Bertz CT molecular complexity index is 480. The largest absolute Gasteiger partial charge is 0.387 e. The molecule has 0 unspecified atom stereocenters. The second-order valence-electron chi connectivity index (χ2n) is 3.24. The van der Waals surface area contributed by atoms with Crippen LogP contribution in [0.5, 0.6) is 0 Å². The van der Waals surface area contributed by atoms with Crippen molar-refractivity contribution < 1.29 is 4.39 Å². The maximum absolute atomic E-state index is 13.6. The van der Waals surface area contributed by atoms with Gasteiger partial charge in [0, 0.05) is 12.4 Å². The van der Waals surface area contributed by atoms with E-state index in [1.54, 1.807) is 19.2 Å². The summed E-state index contributed by atoms with van der Waals surface area (Å²) in [5, 5.41) is 3.79. The van der Waals surface area contributed by atoms with Gasteiger partial charge in [0.2, 0.25) is 0 Å². The zero-order chi connectivity index (χ0) is 10.1. The number of fused-ring (bicyclic) bond motifs is 1. The van der Waals surface area contributed by atoms with Gasteiger partial charge in [0.1, 0.15) is 5.52 Å². The molecule has 14 heavy (non-hydrogen) atoms. The standard InChI is InChI=1S/C11H11FN2/c1-7-3-4-8-5-9(13-2)6-14-11(8)10(7)12/h3-6,13H,1-2H3. The molecule has 0 amide bonds. The van der Waals surface area contributed by atoms with Gasteiger partial charge >= 0.3 is 0 Å². The van der Waals surface area contributed by atoms with Crippen molar-refractivity contribution in [2.45, 2.75) is 6.92 Å². The lowest BCUT2D eigenvalue weighted by Gasteiger charge is -2.04. The van der Waals surface area contributed by atoms with Gasteiger partial charge in [0.05, 0.1) is 11.9 Å². The van der Waals surface area contributed by atoms with Crippen LogP contribution >= 0.6 is 0 Å². The van der Waals surface area contributed by atoms with Crippen molar-refractivity contribution in [3.63, 3.8) is 0 Å². The fourth-order valence-electron chi connectivity index (χ4n) is 1.40. The molecular formula is C11H11FN2. The second-order valence-corrected chi connectivity index (χ2v) is 3.24.